The third-order valence-corrected chi connectivity index (χ3v) is 1.28. The number of hydrogen-bond donors (Lipinski definition) is 0. The second-order valence-electron chi connectivity index (χ2n) is 2.18. The third-order valence-electron chi connectivity index (χ3n) is 1.28. The van der Waals surface area contributed by atoms with Crippen molar-refractivity contribution in [3.05, 3.63) is 24.2 Å². The molecule has 0 radical (unpaired) electrons. The summed E-state index contributed by atoms with van der Waals surface area (Å²) in [5.41, 5.74) is -0.0166. The van der Waals surface area contributed by atoms with Gasteiger partial charge in [-0.2, -0.15) is 0 Å². The molecule has 0 N–H and O–H groups in total. The number of carbonyl (C=O) groups excluding carboxylic acids is 2. The van der Waals surface area contributed by atoms with E-state index in [2.05, 4.69) is 9.99 Å². The SMILES string of the molecule is CC(=O)/C(=N/OC=O)c1ccco1. The summed E-state index contributed by atoms with van der Waals surface area (Å²) in [5.74, 6) is -0.0637. The molecule has 0 atom stereocenters. The molecule has 0 aliphatic rings. The van der Waals surface area contributed by atoms with Gasteiger partial charge in [-0.05, 0) is 12.1 Å². The van der Waals surface area contributed by atoms with E-state index in [1.54, 1.807) is 12.1 Å². The fraction of sp³-hybridized carbons (Fsp3) is 0.125. The first-order chi connectivity index (χ1) is 6.25. The van der Waals surface area contributed by atoms with E-state index < -0.39 is 0 Å². The monoisotopic (exact) mass is 181 g/mol. The maximum Gasteiger partial charge on any atom is 0.323 e. The van der Waals surface area contributed by atoms with Gasteiger partial charge < -0.3 is 9.25 Å². The maximum atomic E-state index is 11.0. The molecule has 0 unspecified atom stereocenters. The molecule has 0 aliphatic carbocycles. The van der Waals surface area contributed by atoms with Crippen LogP contribution in [-0.4, -0.2) is 18.0 Å². The van der Waals surface area contributed by atoms with Crippen LogP contribution in [0.25, 0.3) is 0 Å². The van der Waals surface area contributed by atoms with Crippen molar-refractivity contribution < 1.29 is 18.8 Å². The predicted molar refractivity (Wildman–Crippen MR) is 43.1 cm³/mol. The second-order valence-corrected chi connectivity index (χ2v) is 2.18. The molecule has 5 nitrogen and oxygen atoms in total. The van der Waals surface area contributed by atoms with Gasteiger partial charge in [0.2, 0.25) is 0 Å². The number of rotatable bonds is 4. The van der Waals surface area contributed by atoms with Crippen molar-refractivity contribution >= 4 is 18.0 Å². The third kappa shape index (κ3) is 2.26. The quantitative estimate of drug-likeness (QED) is 0.297. The summed E-state index contributed by atoms with van der Waals surface area (Å²) in [6.45, 7) is 1.43. The van der Waals surface area contributed by atoms with E-state index in [9.17, 15) is 9.59 Å². The normalized spacial score (nSPS) is 11.0. The van der Waals surface area contributed by atoms with Crippen molar-refractivity contribution in [3.8, 4) is 0 Å². The van der Waals surface area contributed by atoms with Crippen LogP contribution in [0.2, 0.25) is 0 Å². The molecule has 0 saturated heterocycles. The zero-order valence-electron chi connectivity index (χ0n) is 6.89. The Labute approximate surface area is 74.0 Å². The number of oxime groups is 1. The van der Waals surface area contributed by atoms with Crippen LogP contribution in [0.1, 0.15) is 12.7 Å². The van der Waals surface area contributed by atoms with Gasteiger partial charge in [0.1, 0.15) is 0 Å². The Morgan fingerprint density at radius 2 is 2.46 bits per heavy atom. The highest BCUT2D eigenvalue weighted by Gasteiger charge is 2.12. The Morgan fingerprint density at radius 1 is 1.69 bits per heavy atom. The number of furan rings is 1. The van der Waals surface area contributed by atoms with E-state index in [1.807, 2.05) is 0 Å². The largest absolute Gasteiger partial charge is 0.462 e. The Morgan fingerprint density at radius 3 is 2.92 bits per heavy atom. The smallest absolute Gasteiger partial charge is 0.323 e. The van der Waals surface area contributed by atoms with Gasteiger partial charge in [-0.3, -0.25) is 9.59 Å². The molecule has 1 heterocycles. The van der Waals surface area contributed by atoms with Crippen LogP contribution >= 0.6 is 0 Å². The molecule has 0 bridgehead atoms. The molecule has 0 spiro atoms. The molecule has 1 aromatic rings. The van der Waals surface area contributed by atoms with E-state index in [-0.39, 0.29) is 23.7 Å². The van der Waals surface area contributed by atoms with Crippen LogP contribution in [0.15, 0.2) is 28.0 Å². The van der Waals surface area contributed by atoms with Crippen molar-refractivity contribution in [3.63, 3.8) is 0 Å². The minimum atomic E-state index is -0.336. The first kappa shape index (κ1) is 9.18. The standard InChI is InChI=1S/C8H7NO4/c1-6(11)8(9-13-5-10)7-3-2-4-12-7/h2-5H,1H3/b9-8-. The number of ketones is 1. The van der Waals surface area contributed by atoms with E-state index in [0.717, 1.165) is 0 Å². The van der Waals surface area contributed by atoms with Gasteiger partial charge in [0, 0.05) is 6.92 Å². The zero-order chi connectivity index (χ0) is 9.68. The van der Waals surface area contributed by atoms with E-state index >= 15 is 0 Å². The second kappa shape index (κ2) is 4.20. The predicted octanol–water partition coefficient (Wildman–Crippen LogP) is 0.746. The fourth-order valence-electron chi connectivity index (χ4n) is 0.770. The first-order valence-electron chi connectivity index (χ1n) is 3.48. The van der Waals surface area contributed by atoms with E-state index in [0.29, 0.717) is 0 Å². The minimum Gasteiger partial charge on any atom is -0.462 e. The van der Waals surface area contributed by atoms with Crippen molar-refractivity contribution in [2.24, 2.45) is 5.16 Å². The molecule has 1 aromatic heterocycles. The van der Waals surface area contributed by atoms with Crippen LogP contribution in [-0.2, 0) is 14.4 Å². The summed E-state index contributed by atoms with van der Waals surface area (Å²) in [5, 5.41) is 3.29. The molecule has 1 rings (SSSR count). The van der Waals surface area contributed by atoms with Crippen LogP contribution in [0.5, 0.6) is 0 Å². The summed E-state index contributed by atoms with van der Waals surface area (Å²) < 4.78 is 4.91. The van der Waals surface area contributed by atoms with Gasteiger partial charge in [0.15, 0.2) is 17.3 Å². The van der Waals surface area contributed by atoms with Crippen molar-refractivity contribution in [2.75, 3.05) is 0 Å². The molecule has 0 amide bonds. The summed E-state index contributed by atoms with van der Waals surface area (Å²) in [6.07, 6.45) is 1.40. The molecule has 68 valence electrons. The van der Waals surface area contributed by atoms with E-state index in [1.165, 1.54) is 13.2 Å². The van der Waals surface area contributed by atoms with Crippen LogP contribution in [0, 0.1) is 0 Å². The van der Waals surface area contributed by atoms with Crippen molar-refractivity contribution in [2.45, 2.75) is 6.92 Å². The maximum absolute atomic E-state index is 11.0. The highest BCUT2D eigenvalue weighted by molar-refractivity contribution is 6.44. The fourth-order valence-corrected chi connectivity index (χ4v) is 0.770. The lowest BCUT2D eigenvalue weighted by Crippen LogP contribution is -2.11. The lowest BCUT2D eigenvalue weighted by atomic mass is 10.2. The molecule has 13 heavy (non-hydrogen) atoms. The lowest BCUT2D eigenvalue weighted by molar-refractivity contribution is -0.128. The summed E-state index contributed by atoms with van der Waals surface area (Å²) in [4.78, 5) is 24.9. The highest BCUT2D eigenvalue weighted by Crippen LogP contribution is 2.03. The number of nitrogens with zero attached hydrogens (tertiary/aromatic N) is 1. The van der Waals surface area contributed by atoms with Crippen LogP contribution < -0.4 is 0 Å². The first-order valence-corrected chi connectivity index (χ1v) is 3.48. The van der Waals surface area contributed by atoms with E-state index in [4.69, 9.17) is 4.42 Å². The van der Waals surface area contributed by atoms with Gasteiger partial charge in [0.25, 0.3) is 0 Å². The summed E-state index contributed by atoms with van der Waals surface area (Å²) >= 11 is 0. The van der Waals surface area contributed by atoms with Crippen molar-refractivity contribution in [1.29, 1.82) is 0 Å². The molecule has 0 aromatic carbocycles. The van der Waals surface area contributed by atoms with Gasteiger partial charge >= 0.3 is 6.47 Å². The van der Waals surface area contributed by atoms with Crippen LogP contribution in [0.4, 0.5) is 0 Å². The average Bonchev–Trinajstić information content (AvgIpc) is 2.57. The Hall–Kier alpha value is -1.91. The highest BCUT2D eigenvalue weighted by atomic mass is 16.7. The van der Waals surface area contributed by atoms with Crippen molar-refractivity contribution in [1.82, 2.24) is 0 Å². The molecule has 0 saturated carbocycles. The van der Waals surface area contributed by atoms with Crippen LogP contribution in [0.3, 0.4) is 0 Å². The minimum absolute atomic E-state index is 0.0166. The summed E-state index contributed by atoms with van der Waals surface area (Å²) in [6, 6.07) is 3.16. The molecular weight excluding hydrogens is 174 g/mol. The zero-order valence-corrected chi connectivity index (χ0v) is 6.89. The Balaban J connectivity index is 2.93. The van der Waals surface area contributed by atoms with Gasteiger partial charge in [0.05, 0.1) is 6.26 Å². The lowest BCUT2D eigenvalue weighted by Gasteiger charge is -1.94. The Kier molecular flexibility index (Phi) is 2.97. The molecular formula is C8H7NO4. The van der Waals surface area contributed by atoms with Gasteiger partial charge in [-0.15, -0.1) is 0 Å². The number of carbonyl (C=O) groups is 2. The number of Topliss-reactive ketones (excluding diaryl/α,β-unsaturated/α-hetero) is 1. The van der Waals surface area contributed by atoms with Gasteiger partial charge in [-0.25, -0.2) is 0 Å². The molecule has 0 fully saturated rings. The topological polar surface area (TPSA) is 68.9 Å². The molecule has 5 heteroatoms. The number of hydrogen-bond acceptors (Lipinski definition) is 5. The average molecular weight is 181 g/mol. The Bertz CT molecular complexity index is 326. The summed E-state index contributed by atoms with van der Waals surface area (Å²) in [7, 11) is 0. The molecule has 0 aliphatic heterocycles. The van der Waals surface area contributed by atoms with Gasteiger partial charge in [-0.1, -0.05) is 5.16 Å².